The van der Waals surface area contributed by atoms with E-state index >= 15 is 0 Å². The number of amides is 2. The lowest BCUT2D eigenvalue weighted by Crippen LogP contribution is -2.51. The minimum Gasteiger partial charge on any atom is -0.339 e. The molecular weight excluding hydrogens is 455 g/mol. The van der Waals surface area contributed by atoms with Gasteiger partial charge in [0.05, 0.1) is 6.54 Å². The second-order valence-electron chi connectivity index (χ2n) is 10.1. The predicted molar refractivity (Wildman–Crippen MR) is 141 cm³/mol. The van der Waals surface area contributed by atoms with Gasteiger partial charge >= 0.3 is 0 Å². The van der Waals surface area contributed by atoms with Gasteiger partial charge in [-0.1, -0.05) is 49.6 Å². The first kappa shape index (κ1) is 26.3. The molecule has 0 radical (unpaired) electrons. The fraction of sp³-hybridized carbons (Fsp3) is 0.517. The van der Waals surface area contributed by atoms with Gasteiger partial charge < -0.3 is 9.80 Å². The number of carbonyl (C=O) groups is 2. The first-order chi connectivity index (χ1) is 17.5. The van der Waals surface area contributed by atoms with E-state index in [9.17, 15) is 14.0 Å². The van der Waals surface area contributed by atoms with E-state index in [0.29, 0.717) is 26.2 Å². The molecule has 0 spiro atoms. The molecule has 0 aromatic heterocycles. The van der Waals surface area contributed by atoms with Crippen LogP contribution in [0.5, 0.6) is 0 Å². The van der Waals surface area contributed by atoms with Gasteiger partial charge in [0.2, 0.25) is 11.8 Å². The second-order valence-corrected chi connectivity index (χ2v) is 10.1. The van der Waals surface area contributed by atoms with E-state index in [0.717, 1.165) is 81.6 Å². The van der Waals surface area contributed by atoms with E-state index in [1.807, 2.05) is 40.1 Å². The first-order valence-corrected chi connectivity index (χ1v) is 13.3. The van der Waals surface area contributed by atoms with Gasteiger partial charge in [0.1, 0.15) is 5.82 Å². The fourth-order valence-corrected chi connectivity index (χ4v) is 5.24. The topological polar surface area (TPSA) is 47.1 Å². The van der Waals surface area contributed by atoms with Crippen LogP contribution in [0.15, 0.2) is 48.5 Å². The summed E-state index contributed by atoms with van der Waals surface area (Å²) in [6.45, 7) is 8.16. The highest BCUT2D eigenvalue weighted by molar-refractivity contribution is 5.92. The van der Waals surface area contributed by atoms with Crippen molar-refractivity contribution in [1.29, 1.82) is 0 Å². The maximum atomic E-state index is 13.3. The van der Waals surface area contributed by atoms with Gasteiger partial charge in [0.15, 0.2) is 0 Å². The highest BCUT2D eigenvalue weighted by atomic mass is 19.1. The molecule has 194 valence electrons. The van der Waals surface area contributed by atoms with Crippen molar-refractivity contribution in [1.82, 2.24) is 14.7 Å². The van der Waals surface area contributed by atoms with Crippen LogP contribution in [0, 0.1) is 5.82 Å². The lowest BCUT2D eigenvalue weighted by Gasteiger charge is -2.36. The third-order valence-electron chi connectivity index (χ3n) is 7.32. The monoisotopic (exact) mass is 494 g/mol. The SMILES string of the molecule is CC(=O)N1CCCCCCCN(CC(=O)N2CCN(Cc3ccc(F)cc3)CC2)Cc2ccccc21. The van der Waals surface area contributed by atoms with Crippen LogP contribution in [0.1, 0.15) is 50.2 Å². The first-order valence-electron chi connectivity index (χ1n) is 13.3. The molecule has 0 N–H and O–H groups in total. The van der Waals surface area contributed by atoms with Gasteiger partial charge in [0.25, 0.3) is 0 Å². The molecule has 7 heteroatoms. The molecule has 2 amide bonds. The van der Waals surface area contributed by atoms with Crippen molar-refractivity contribution in [2.24, 2.45) is 0 Å². The summed E-state index contributed by atoms with van der Waals surface area (Å²) >= 11 is 0. The van der Waals surface area contributed by atoms with E-state index in [1.165, 1.54) is 12.1 Å². The second kappa shape index (κ2) is 13.0. The molecule has 2 aromatic carbocycles. The number of para-hydroxylation sites is 1. The van der Waals surface area contributed by atoms with Crippen LogP contribution in [0.4, 0.5) is 10.1 Å². The Morgan fingerprint density at radius 2 is 1.44 bits per heavy atom. The maximum Gasteiger partial charge on any atom is 0.236 e. The average molecular weight is 495 g/mol. The number of rotatable bonds is 4. The Morgan fingerprint density at radius 1 is 0.778 bits per heavy atom. The van der Waals surface area contributed by atoms with Crippen LogP contribution in [0.2, 0.25) is 0 Å². The smallest absolute Gasteiger partial charge is 0.236 e. The summed E-state index contributed by atoms with van der Waals surface area (Å²) < 4.78 is 13.2. The van der Waals surface area contributed by atoms with Crippen LogP contribution >= 0.6 is 0 Å². The van der Waals surface area contributed by atoms with E-state index in [2.05, 4.69) is 15.9 Å². The lowest BCUT2D eigenvalue weighted by molar-refractivity contribution is -0.134. The van der Waals surface area contributed by atoms with Gasteiger partial charge in [-0.3, -0.25) is 19.4 Å². The molecule has 0 atom stereocenters. The van der Waals surface area contributed by atoms with Gasteiger partial charge in [-0.2, -0.15) is 0 Å². The Morgan fingerprint density at radius 3 is 2.17 bits per heavy atom. The molecule has 4 rings (SSSR count). The summed E-state index contributed by atoms with van der Waals surface area (Å²) in [5.74, 6) is 0.0255. The number of hydrogen-bond donors (Lipinski definition) is 0. The maximum absolute atomic E-state index is 13.3. The minimum atomic E-state index is -0.215. The van der Waals surface area contributed by atoms with Crippen molar-refractivity contribution >= 4 is 17.5 Å². The molecule has 2 aliphatic heterocycles. The van der Waals surface area contributed by atoms with Crippen molar-refractivity contribution in [3.05, 3.63) is 65.5 Å². The molecule has 0 unspecified atom stereocenters. The molecule has 0 aliphatic carbocycles. The van der Waals surface area contributed by atoms with E-state index in [-0.39, 0.29) is 17.6 Å². The summed E-state index contributed by atoms with van der Waals surface area (Å²) in [7, 11) is 0. The number of halogens is 1. The van der Waals surface area contributed by atoms with Crippen LogP contribution in [0.25, 0.3) is 0 Å². The standard InChI is InChI=1S/C29H39FN4O2/c1-24(35)34-16-8-4-2-3-7-15-32(22-26-9-5-6-10-28(26)34)23-29(36)33-19-17-31(18-20-33)21-25-11-13-27(30)14-12-25/h5-6,9-14H,2-4,7-8,15-23H2,1H3. The number of benzene rings is 2. The number of anilines is 1. The van der Waals surface area contributed by atoms with Crippen molar-refractivity contribution in [2.75, 3.05) is 50.7 Å². The van der Waals surface area contributed by atoms with Crippen molar-refractivity contribution < 1.29 is 14.0 Å². The Balaban J connectivity index is 1.37. The van der Waals surface area contributed by atoms with Crippen LogP contribution in [-0.2, 0) is 22.7 Å². The van der Waals surface area contributed by atoms with Gasteiger partial charge in [-0.15, -0.1) is 0 Å². The molecule has 2 aromatic rings. The predicted octanol–water partition coefficient (Wildman–Crippen LogP) is 4.29. The molecule has 1 fully saturated rings. The average Bonchev–Trinajstić information content (AvgIpc) is 2.87. The molecule has 0 bridgehead atoms. The number of hydrogen-bond acceptors (Lipinski definition) is 4. The van der Waals surface area contributed by atoms with Crippen LogP contribution < -0.4 is 4.90 Å². The Labute approximate surface area is 214 Å². The largest absolute Gasteiger partial charge is 0.339 e. The molecule has 0 saturated carbocycles. The van der Waals surface area contributed by atoms with Gasteiger partial charge in [-0.25, -0.2) is 4.39 Å². The van der Waals surface area contributed by atoms with Crippen molar-refractivity contribution in [3.8, 4) is 0 Å². The molecule has 36 heavy (non-hydrogen) atoms. The van der Waals surface area contributed by atoms with Crippen molar-refractivity contribution in [2.45, 2.75) is 52.1 Å². The number of fused-ring (bicyclic) bond motifs is 1. The number of carbonyl (C=O) groups excluding carboxylic acids is 2. The van der Waals surface area contributed by atoms with Gasteiger partial charge in [-0.05, 0) is 48.7 Å². The van der Waals surface area contributed by atoms with Gasteiger partial charge in [0, 0.05) is 58.4 Å². The normalized spacial score (nSPS) is 18.7. The summed E-state index contributed by atoms with van der Waals surface area (Å²) in [4.78, 5) is 34.2. The summed E-state index contributed by atoms with van der Waals surface area (Å²) in [6, 6.07) is 14.8. The Hall–Kier alpha value is -2.77. The quantitative estimate of drug-likeness (QED) is 0.636. The zero-order valence-electron chi connectivity index (χ0n) is 21.5. The zero-order chi connectivity index (χ0) is 25.3. The highest BCUT2D eigenvalue weighted by Crippen LogP contribution is 2.24. The lowest BCUT2D eigenvalue weighted by atomic mass is 10.1. The Bertz CT molecular complexity index is 1000. The molecule has 2 aliphatic rings. The summed E-state index contributed by atoms with van der Waals surface area (Å²) in [5, 5.41) is 0. The summed E-state index contributed by atoms with van der Waals surface area (Å²) in [5.41, 5.74) is 3.16. The van der Waals surface area contributed by atoms with Crippen molar-refractivity contribution in [3.63, 3.8) is 0 Å². The zero-order valence-corrected chi connectivity index (χ0v) is 21.5. The minimum absolute atomic E-state index is 0.0700. The molecular formula is C29H39FN4O2. The number of nitrogens with zero attached hydrogens (tertiary/aromatic N) is 4. The van der Waals surface area contributed by atoms with Crippen LogP contribution in [-0.4, -0.2) is 72.3 Å². The van der Waals surface area contributed by atoms with E-state index in [4.69, 9.17) is 0 Å². The third kappa shape index (κ3) is 7.37. The summed E-state index contributed by atoms with van der Waals surface area (Å²) in [6.07, 6.45) is 5.52. The highest BCUT2D eigenvalue weighted by Gasteiger charge is 2.24. The Kier molecular flexibility index (Phi) is 9.47. The third-order valence-corrected chi connectivity index (χ3v) is 7.32. The van der Waals surface area contributed by atoms with E-state index in [1.54, 1.807) is 6.92 Å². The molecule has 6 nitrogen and oxygen atoms in total. The molecule has 1 saturated heterocycles. The number of piperazine rings is 1. The van der Waals surface area contributed by atoms with Crippen LogP contribution in [0.3, 0.4) is 0 Å². The van der Waals surface area contributed by atoms with E-state index < -0.39 is 0 Å². The molecule has 2 heterocycles. The fourth-order valence-electron chi connectivity index (χ4n) is 5.24.